The summed E-state index contributed by atoms with van der Waals surface area (Å²) in [6.45, 7) is 8.48. The smallest absolute Gasteiger partial charge is 0.403 e. The van der Waals surface area contributed by atoms with Crippen LogP contribution in [0.5, 0.6) is 0 Å². The molecule has 1 aromatic rings. The van der Waals surface area contributed by atoms with Gasteiger partial charge in [0.2, 0.25) is 0 Å². The van der Waals surface area contributed by atoms with Gasteiger partial charge in [-0.05, 0) is 51.7 Å². The van der Waals surface area contributed by atoms with E-state index in [9.17, 15) is 0 Å². The minimum atomic E-state index is -0.227. The summed E-state index contributed by atoms with van der Waals surface area (Å²) in [5.74, 6) is 0.391. The van der Waals surface area contributed by atoms with E-state index in [-0.39, 0.29) is 18.3 Å². The zero-order valence-electron chi connectivity index (χ0n) is 11.7. The highest BCUT2D eigenvalue weighted by atomic mass is 16.7. The van der Waals surface area contributed by atoms with Crippen molar-refractivity contribution in [2.24, 2.45) is 0 Å². The average molecular weight is 244 g/mol. The highest BCUT2D eigenvalue weighted by molar-refractivity contribution is 6.47. The zero-order valence-corrected chi connectivity index (χ0v) is 11.7. The Kier molecular flexibility index (Phi) is 2.62. The van der Waals surface area contributed by atoms with E-state index >= 15 is 0 Å². The maximum absolute atomic E-state index is 6.18. The van der Waals surface area contributed by atoms with Crippen molar-refractivity contribution in [3.8, 4) is 0 Å². The van der Waals surface area contributed by atoms with Crippen LogP contribution in [-0.2, 0) is 15.7 Å². The van der Waals surface area contributed by atoms with Crippen LogP contribution in [0.15, 0.2) is 24.3 Å². The third-order valence-corrected chi connectivity index (χ3v) is 4.78. The Morgan fingerprint density at radius 1 is 1.06 bits per heavy atom. The second kappa shape index (κ2) is 3.85. The van der Waals surface area contributed by atoms with Crippen LogP contribution in [0, 0.1) is 0 Å². The van der Waals surface area contributed by atoms with E-state index in [1.54, 1.807) is 0 Å². The lowest BCUT2D eigenvalue weighted by Gasteiger charge is -2.32. The van der Waals surface area contributed by atoms with Crippen molar-refractivity contribution in [3.05, 3.63) is 35.4 Å². The summed E-state index contributed by atoms with van der Waals surface area (Å²) in [7, 11) is -0.0985. The maximum Gasteiger partial charge on any atom is 0.465 e. The lowest BCUT2D eigenvalue weighted by atomic mass is 9.68. The van der Waals surface area contributed by atoms with Crippen LogP contribution in [0.3, 0.4) is 0 Å². The predicted molar refractivity (Wildman–Crippen MR) is 73.6 cm³/mol. The van der Waals surface area contributed by atoms with E-state index in [1.165, 1.54) is 11.1 Å². The molecule has 1 heterocycles. The van der Waals surface area contributed by atoms with Gasteiger partial charge >= 0.3 is 7.12 Å². The number of fused-ring (bicyclic) bond motifs is 1. The van der Waals surface area contributed by atoms with Gasteiger partial charge in [-0.2, -0.15) is 0 Å². The third-order valence-electron chi connectivity index (χ3n) is 4.78. The summed E-state index contributed by atoms with van der Waals surface area (Å²) in [6, 6.07) is 8.67. The second-order valence-corrected chi connectivity index (χ2v) is 6.47. The van der Waals surface area contributed by atoms with Crippen molar-refractivity contribution in [1.29, 1.82) is 0 Å². The first-order chi connectivity index (χ1) is 8.41. The van der Waals surface area contributed by atoms with Crippen LogP contribution < -0.4 is 0 Å². The van der Waals surface area contributed by atoms with E-state index in [0.717, 1.165) is 12.8 Å². The normalized spacial score (nSPS) is 28.4. The summed E-state index contributed by atoms with van der Waals surface area (Å²) >= 11 is 0. The van der Waals surface area contributed by atoms with Crippen molar-refractivity contribution in [3.63, 3.8) is 0 Å². The summed E-state index contributed by atoms with van der Waals surface area (Å²) in [6.07, 6.45) is 2.28. The molecule has 3 heteroatoms. The molecule has 18 heavy (non-hydrogen) atoms. The molecule has 0 unspecified atom stereocenters. The predicted octanol–water partition coefficient (Wildman–Crippen LogP) is 3.35. The molecule has 0 radical (unpaired) electrons. The Hall–Kier alpha value is -0.795. The average Bonchev–Trinajstić information content (AvgIpc) is 2.78. The van der Waals surface area contributed by atoms with Crippen molar-refractivity contribution < 1.29 is 9.31 Å². The first-order valence-electron chi connectivity index (χ1n) is 6.84. The van der Waals surface area contributed by atoms with Gasteiger partial charge in [0.15, 0.2) is 0 Å². The zero-order chi connectivity index (χ0) is 13.0. The van der Waals surface area contributed by atoms with Gasteiger partial charge in [0.05, 0.1) is 11.2 Å². The molecule has 0 aromatic heterocycles. The second-order valence-electron chi connectivity index (χ2n) is 6.47. The summed E-state index contributed by atoms with van der Waals surface area (Å²) in [5, 5.41) is 0. The number of rotatable bonds is 1. The highest BCUT2D eigenvalue weighted by Gasteiger charge is 2.54. The fourth-order valence-corrected chi connectivity index (χ4v) is 2.93. The molecule has 3 rings (SSSR count). The van der Waals surface area contributed by atoms with Crippen LogP contribution in [0.2, 0.25) is 0 Å². The molecule has 1 aliphatic carbocycles. The van der Waals surface area contributed by atoms with Crippen LogP contribution in [-0.4, -0.2) is 18.3 Å². The molecule has 2 nitrogen and oxygen atoms in total. The van der Waals surface area contributed by atoms with Crippen LogP contribution in [0.1, 0.15) is 51.1 Å². The first kappa shape index (κ1) is 12.2. The Labute approximate surface area is 110 Å². The van der Waals surface area contributed by atoms with Crippen molar-refractivity contribution in [2.75, 3.05) is 0 Å². The third kappa shape index (κ3) is 1.72. The molecule has 96 valence electrons. The van der Waals surface area contributed by atoms with E-state index in [0.29, 0.717) is 5.82 Å². The fourth-order valence-electron chi connectivity index (χ4n) is 2.93. The molecular formula is C15H21BO2. The topological polar surface area (TPSA) is 18.5 Å². The van der Waals surface area contributed by atoms with Crippen LogP contribution >= 0.6 is 0 Å². The Balaban J connectivity index is 1.87. The molecule has 1 saturated heterocycles. The molecule has 2 aliphatic rings. The number of hydrogen-bond acceptors (Lipinski definition) is 2. The molecule has 1 aliphatic heterocycles. The fraction of sp³-hybridized carbons (Fsp3) is 0.600. The van der Waals surface area contributed by atoms with Gasteiger partial charge in [0.25, 0.3) is 0 Å². The van der Waals surface area contributed by atoms with Crippen molar-refractivity contribution in [1.82, 2.24) is 0 Å². The Morgan fingerprint density at radius 2 is 1.67 bits per heavy atom. The van der Waals surface area contributed by atoms with E-state index in [2.05, 4.69) is 52.0 Å². The quantitative estimate of drug-likeness (QED) is 0.705. The SMILES string of the molecule is CC1(C)OB([C@H]2CCc3ccccc32)OC1(C)C. The summed E-state index contributed by atoms with van der Waals surface area (Å²) in [5.41, 5.74) is 2.41. The lowest BCUT2D eigenvalue weighted by Crippen LogP contribution is -2.41. The van der Waals surface area contributed by atoms with Gasteiger partial charge in [-0.15, -0.1) is 0 Å². The minimum absolute atomic E-state index is 0.0985. The van der Waals surface area contributed by atoms with Gasteiger partial charge in [0, 0.05) is 5.82 Å². The minimum Gasteiger partial charge on any atom is -0.403 e. The molecule has 0 N–H and O–H groups in total. The maximum atomic E-state index is 6.18. The molecule has 1 aromatic carbocycles. The van der Waals surface area contributed by atoms with Gasteiger partial charge in [-0.3, -0.25) is 0 Å². The van der Waals surface area contributed by atoms with Crippen LogP contribution in [0.4, 0.5) is 0 Å². The van der Waals surface area contributed by atoms with Gasteiger partial charge in [-0.1, -0.05) is 24.3 Å². The standard InChI is InChI=1S/C15H21BO2/c1-14(2)15(3,4)18-16(17-14)13-10-9-11-7-5-6-8-12(11)13/h5-8,13H,9-10H2,1-4H3/t13-/m0/s1. The molecule has 0 spiro atoms. The first-order valence-corrected chi connectivity index (χ1v) is 6.84. The molecule has 0 saturated carbocycles. The molecule has 1 atom stereocenters. The number of aryl methyl sites for hydroxylation is 1. The Bertz CT molecular complexity index is 451. The summed E-state index contributed by atoms with van der Waals surface area (Å²) in [4.78, 5) is 0. The van der Waals surface area contributed by atoms with Crippen molar-refractivity contribution >= 4 is 7.12 Å². The molecule has 0 amide bonds. The van der Waals surface area contributed by atoms with Crippen molar-refractivity contribution in [2.45, 2.75) is 57.6 Å². The molecule has 0 bridgehead atoms. The largest absolute Gasteiger partial charge is 0.465 e. The lowest BCUT2D eigenvalue weighted by molar-refractivity contribution is 0.00578. The number of hydrogen-bond donors (Lipinski definition) is 0. The Morgan fingerprint density at radius 3 is 2.33 bits per heavy atom. The molecule has 1 fully saturated rings. The van der Waals surface area contributed by atoms with E-state index in [1.807, 2.05) is 0 Å². The molecular weight excluding hydrogens is 223 g/mol. The monoisotopic (exact) mass is 244 g/mol. The number of benzene rings is 1. The van der Waals surface area contributed by atoms with Crippen LogP contribution in [0.25, 0.3) is 0 Å². The van der Waals surface area contributed by atoms with E-state index in [4.69, 9.17) is 9.31 Å². The highest BCUT2D eigenvalue weighted by Crippen LogP contribution is 2.44. The summed E-state index contributed by atoms with van der Waals surface area (Å²) < 4.78 is 12.4. The van der Waals surface area contributed by atoms with Gasteiger partial charge in [-0.25, -0.2) is 0 Å². The van der Waals surface area contributed by atoms with E-state index < -0.39 is 0 Å². The van der Waals surface area contributed by atoms with Gasteiger partial charge in [0.1, 0.15) is 0 Å². The van der Waals surface area contributed by atoms with Gasteiger partial charge < -0.3 is 9.31 Å².